The Bertz CT molecular complexity index is 402. The van der Waals surface area contributed by atoms with Crippen LogP contribution in [0.5, 0.6) is 0 Å². The van der Waals surface area contributed by atoms with Crippen molar-refractivity contribution >= 4 is 34.6 Å². The van der Waals surface area contributed by atoms with Gasteiger partial charge in [0.2, 0.25) is 0 Å². The number of halogens is 2. The number of nitro benzene ring substituents is 1. The topological polar surface area (TPSA) is 55.2 Å². The molecule has 0 fully saturated rings. The lowest BCUT2D eigenvalue weighted by atomic mass is 10.2. The molecule has 0 aliphatic rings. The first-order valence-electron chi connectivity index (χ1n) is 5.93. The van der Waals surface area contributed by atoms with Crippen LogP contribution in [0, 0.1) is 10.1 Å². The highest BCUT2D eigenvalue weighted by atomic mass is 35.5. The summed E-state index contributed by atoms with van der Waals surface area (Å²) in [7, 11) is 0. The van der Waals surface area contributed by atoms with Gasteiger partial charge in [-0.2, -0.15) is 0 Å². The number of nitro groups is 1. The van der Waals surface area contributed by atoms with Gasteiger partial charge in [0, 0.05) is 18.7 Å². The number of hydrogen-bond donors (Lipinski definition) is 1. The molecule has 1 aromatic carbocycles. The summed E-state index contributed by atoms with van der Waals surface area (Å²) < 4.78 is 0. The minimum Gasteiger partial charge on any atom is -0.383 e. The van der Waals surface area contributed by atoms with Crippen LogP contribution in [0.15, 0.2) is 12.1 Å². The predicted molar refractivity (Wildman–Crippen MR) is 75.7 cm³/mol. The summed E-state index contributed by atoms with van der Waals surface area (Å²) in [5.74, 6) is 0. The first-order chi connectivity index (χ1) is 8.56. The van der Waals surface area contributed by atoms with Gasteiger partial charge in [-0.15, -0.1) is 0 Å². The molecule has 0 spiro atoms. The Balaban J connectivity index is 2.63. The molecule has 0 aliphatic carbocycles. The van der Waals surface area contributed by atoms with E-state index < -0.39 is 4.92 Å². The molecule has 4 nitrogen and oxygen atoms in total. The molecule has 18 heavy (non-hydrogen) atoms. The molecule has 0 saturated heterocycles. The summed E-state index contributed by atoms with van der Waals surface area (Å²) >= 11 is 11.9. The van der Waals surface area contributed by atoms with E-state index in [0.717, 1.165) is 19.4 Å². The Morgan fingerprint density at radius 2 is 1.83 bits per heavy atom. The van der Waals surface area contributed by atoms with Crippen molar-refractivity contribution in [3.8, 4) is 0 Å². The van der Waals surface area contributed by atoms with Gasteiger partial charge in [-0.25, -0.2) is 0 Å². The number of hydrogen-bond acceptors (Lipinski definition) is 3. The zero-order valence-electron chi connectivity index (χ0n) is 10.2. The van der Waals surface area contributed by atoms with E-state index >= 15 is 0 Å². The van der Waals surface area contributed by atoms with Crippen LogP contribution in [0.4, 0.5) is 11.4 Å². The zero-order valence-corrected chi connectivity index (χ0v) is 11.7. The van der Waals surface area contributed by atoms with Crippen LogP contribution < -0.4 is 5.32 Å². The van der Waals surface area contributed by atoms with Gasteiger partial charge < -0.3 is 5.32 Å². The molecule has 1 rings (SSSR count). The second-order valence-corrected chi connectivity index (χ2v) is 4.84. The summed E-state index contributed by atoms with van der Waals surface area (Å²) in [6, 6.07) is 2.61. The second kappa shape index (κ2) is 7.44. The smallest absolute Gasteiger partial charge is 0.272 e. The van der Waals surface area contributed by atoms with Crippen LogP contribution in [0.3, 0.4) is 0 Å². The molecule has 0 radical (unpaired) electrons. The van der Waals surface area contributed by atoms with Crippen molar-refractivity contribution in [1.82, 2.24) is 0 Å². The SMILES string of the molecule is CCCCCCNc1c(Cl)cc([N+](=O)[O-])cc1Cl. The first kappa shape index (κ1) is 15.1. The molecule has 0 saturated carbocycles. The van der Waals surface area contributed by atoms with E-state index in [2.05, 4.69) is 12.2 Å². The number of rotatable bonds is 7. The number of anilines is 1. The monoisotopic (exact) mass is 290 g/mol. The third-order valence-corrected chi connectivity index (χ3v) is 3.17. The average Bonchev–Trinajstić information content (AvgIpc) is 2.31. The lowest BCUT2D eigenvalue weighted by molar-refractivity contribution is -0.384. The van der Waals surface area contributed by atoms with Gasteiger partial charge in [-0.3, -0.25) is 10.1 Å². The molecule has 0 atom stereocenters. The Morgan fingerprint density at radius 3 is 2.33 bits per heavy atom. The molecule has 0 heterocycles. The minimum atomic E-state index is -0.511. The minimum absolute atomic E-state index is 0.0958. The maximum atomic E-state index is 10.6. The van der Waals surface area contributed by atoms with Crippen molar-refractivity contribution in [2.45, 2.75) is 32.6 Å². The van der Waals surface area contributed by atoms with Gasteiger partial charge in [0.15, 0.2) is 0 Å². The van der Waals surface area contributed by atoms with E-state index in [9.17, 15) is 10.1 Å². The second-order valence-electron chi connectivity index (χ2n) is 4.03. The molecule has 0 bridgehead atoms. The third kappa shape index (κ3) is 4.35. The number of non-ortho nitro benzene ring substituents is 1. The summed E-state index contributed by atoms with van der Waals surface area (Å²) in [5, 5.41) is 14.3. The molecule has 0 aromatic heterocycles. The maximum absolute atomic E-state index is 10.6. The summed E-state index contributed by atoms with van der Waals surface area (Å²) in [6.45, 7) is 2.91. The van der Waals surface area contributed by atoms with Gasteiger partial charge in [0.25, 0.3) is 5.69 Å². The van der Waals surface area contributed by atoms with E-state index in [0.29, 0.717) is 5.69 Å². The normalized spacial score (nSPS) is 10.4. The molecule has 1 N–H and O–H groups in total. The number of nitrogens with one attached hydrogen (secondary N) is 1. The highest BCUT2D eigenvalue weighted by Crippen LogP contribution is 2.34. The quantitative estimate of drug-likeness (QED) is 0.442. The fraction of sp³-hybridized carbons (Fsp3) is 0.500. The lowest BCUT2D eigenvalue weighted by Gasteiger charge is -2.10. The van der Waals surface area contributed by atoms with Crippen LogP contribution in [0.1, 0.15) is 32.6 Å². The number of nitrogens with zero attached hydrogens (tertiary/aromatic N) is 1. The Morgan fingerprint density at radius 1 is 1.22 bits per heavy atom. The fourth-order valence-electron chi connectivity index (χ4n) is 1.60. The highest BCUT2D eigenvalue weighted by molar-refractivity contribution is 6.39. The molecule has 0 amide bonds. The van der Waals surface area contributed by atoms with Crippen LogP contribution in [0.2, 0.25) is 10.0 Å². The Kier molecular flexibility index (Phi) is 6.22. The molecule has 100 valence electrons. The molecule has 1 aromatic rings. The standard InChI is InChI=1S/C12H16Cl2N2O2/c1-2-3-4-5-6-15-12-10(13)7-9(16(17)18)8-11(12)14/h7-8,15H,2-6H2,1H3. The predicted octanol–water partition coefficient (Wildman–Crippen LogP) is 4.89. The largest absolute Gasteiger partial charge is 0.383 e. The van der Waals surface area contributed by atoms with Crippen LogP contribution >= 0.6 is 23.2 Å². The van der Waals surface area contributed by atoms with Crippen LogP contribution in [-0.4, -0.2) is 11.5 Å². The van der Waals surface area contributed by atoms with Gasteiger partial charge >= 0.3 is 0 Å². The maximum Gasteiger partial charge on any atom is 0.272 e. The number of benzene rings is 1. The number of unbranched alkanes of at least 4 members (excludes halogenated alkanes) is 3. The van der Waals surface area contributed by atoms with Crippen LogP contribution in [-0.2, 0) is 0 Å². The van der Waals surface area contributed by atoms with E-state index in [1.807, 2.05) is 0 Å². The molecular formula is C12H16Cl2N2O2. The fourth-order valence-corrected chi connectivity index (χ4v) is 2.21. The molecule has 6 heteroatoms. The Labute approximate surface area is 116 Å². The van der Waals surface area contributed by atoms with E-state index in [1.165, 1.54) is 25.0 Å². The highest BCUT2D eigenvalue weighted by Gasteiger charge is 2.13. The van der Waals surface area contributed by atoms with Gasteiger partial charge in [-0.05, 0) is 6.42 Å². The van der Waals surface area contributed by atoms with E-state index in [1.54, 1.807) is 0 Å². The zero-order chi connectivity index (χ0) is 13.5. The van der Waals surface area contributed by atoms with Crippen molar-refractivity contribution < 1.29 is 4.92 Å². The third-order valence-electron chi connectivity index (χ3n) is 2.57. The van der Waals surface area contributed by atoms with Crippen molar-refractivity contribution in [2.75, 3.05) is 11.9 Å². The summed E-state index contributed by atoms with van der Waals surface area (Å²) in [6.07, 6.45) is 4.55. The molecule has 0 unspecified atom stereocenters. The summed E-state index contributed by atoms with van der Waals surface area (Å²) in [4.78, 5) is 10.1. The molecule has 0 aliphatic heterocycles. The van der Waals surface area contributed by atoms with Crippen molar-refractivity contribution in [3.63, 3.8) is 0 Å². The van der Waals surface area contributed by atoms with Gasteiger partial charge in [0.1, 0.15) is 0 Å². The average molecular weight is 291 g/mol. The lowest BCUT2D eigenvalue weighted by Crippen LogP contribution is -2.03. The van der Waals surface area contributed by atoms with Crippen molar-refractivity contribution in [3.05, 3.63) is 32.3 Å². The van der Waals surface area contributed by atoms with E-state index in [-0.39, 0.29) is 15.7 Å². The van der Waals surface area contributed by atoms with E-state index in [4.69, 9.17) is 23.2 Å². The Hall–Kier alpha value is -1.00. The van der Waals surface area contributed by atoms with Gasteiger partial charge in [0.05, 0.1) is 20.7 Å². The molecular weight excluding hydrogens is 275 g/mol. The first-order valence-corrected chi connectivity index (χ1v) is 6.69. The summed E-state index contributed by atoms with van der Waals surface area (Å²) in [5.41, 5.74) is 0.474. The van der Waals surface area contributed by atoms with Crippen molar-refractivity contribution in [1.29, 1.82) is 0 Å². The van der Waals surface area contributed by atoms with Crippen LogP contribution in [0.25, 0.3) is 0 Å². The van der Waals surface area contributed by atoms with Gasteiger partial charge in [-0.1, -0.05) is 49.4 Å². The van der Waals surface area contributed by atoms with Crippen molar-refractivity contribution in [2.24, 2.45) is 0 Å².